The molecule has 0 saturated carbocycles. The van der Waals surface area contributed by atoms with Crippen LogP contribution in [0.25, 0.3) is 10.8 Å². The minimum atomic E-state index is 0.0241. The summed E-state index contributed by atoms with van der Waals surface area (Å²) in [4.78, 5) is 14.5. The lowest BCUT2D eigenvalue weighted by molar-refractivity contribution is 0.0944. The Bertz CT molecular complexity index is 623. The SMILES string of the molecule is CN1CCCC1CNC(=O)c1ccc2ccccc2c1. The normalized spacial score (nSPS) is 19.4. The third-order valence-electron chi connectivity index (χ3n) is 4.18. The fourth-order valence-corrected chi connectivity index (χ4v) is 2.88. The van der Waals surface area contributed by atoms with Gasteiger partial charge in [-0.3, -0.25) is 4.79 Å². The second kappa shape index (κ2) is 5.63. The quantitative estimate of drug-likeness (QED) is 0.928. The number of carbonyl (C=O) groups excluding carboxylic acids is 1. The van der Waals surface area contributed by atoms with Crippen LogP contribution in [-0.2, 0) is 0 Å². The number of likely N-dealkylation sites (N-methyl/N-ethyl adjacent to an activating group) is 1. The molecule has 1 fully saturated rings. The summed E-state index contributed by atoms with van der Waals surface area (Å²) in [5.41, 5.74) is 0.740. The van der Waals surface area contributed by atoms with Gasteiger partial charge in [0, 0.05) is 18.2 Å². The molecule has 1 N–H and O–H groups in total. The summed E-state index contributed by atoms with van der Waals surface area (Å²) >= 11 is 0. The van der Waals surface area contributed by atoms with Gasteiger partial charge in [-0.05, 0) is 49.3 Å². The maximum Gasteiger partial charge on any atom is 0.251 e. The first-order chi connectivity index (χ1) is 9.74. The van der Waals surface area contributed by atoms with Crippen molar-refractivity contribution in [3.05, 3.63) is 48.0 Å². The Morgan fingerprint density at radius 3 is 2.80 bits per heavy atom. The van der Waals surface area contributed by atoms with E-state index >= 15 is 0 Å². The van der Waals surface area contributed by atoms with Gasteiger partial charge in [-0.15, -0.1) is 0 Å². The van der Waals surface area contributed by atoms with E-state index < -0.39 is 0 Å². The van der Waals surface area contributed by atoms with Gasteiger partial charge in [0.2, 0.25) is 0 Å². The van der Waals surface area contributed by atoms with E-state index in [1.807, 2.05) is 36.4 Å². The lowest BCUT2D eigenvalue weighted by Gasteiger charge is -2.19. The Morgan fingerprint density at radius 1 is 1.25 bits per heavy atom. The molecule has 0 radical (unpaired) electrons. The molecule has 1 amide bonds. The molecular weight excluding hydrogens is 248 g/mol. The van der Waals surface area contributed by atoms with E-state index in [0.29, 0.717) is 6.04 Å². The zero-order chi connectivity index (χ0) is 13.9. The number of hydrogen-bond donors (Lipinski definition) is 1. The summed E-state index contributed by atoms with van der Waals surface area (Å²) in [7, 11) is 2.12. The Hall–Kier alpha value is -1.87. The number of nitrogens with zero attached hydrogens (tertiary/aromatic N) is 1. The zero-order valence-corrected chi connectivity index (χ0v) is 11.8. The van der Waals surface area contributed by atoms with Gasteiger partial charge in [-0.2, -0.15) is 0 Å². The van der Waals surface area contributed by atoms with Crippen molar-refractivity contribution in [3.63, 3.8) is 0 Å². The third kappa shape index (κ3) is 2.68. The molecule has 20 heavy (non-hydrogen) atoms. The molecule has 1 aliphatic rings. The van der Waals surface area contributed by atoms with Gasteiger partial charge < -0.3 is 10.2 Å². The molecule has 1 saturated heterocycles. The Morgan fingerprint density at radius 2 is 2.05 bits per heavy atom. The van der Waals surface area contributed by atoms with Crippen molar-refractivity contribution in [2.45, 2.75) is 18.9 Å². The summed E-state index contributed by atoms with van der Waals surface area (Å²) in [5.74, 6) is 0.0241. The number of likely N-dealkylation sites (tertiary alicyclic amines) is 1. The monoisotopic (exact) mass is 268 g/mol. The van der Waals surface area contributed by atoms with Gasteiger partial charge in [-0.25, -0.2) is 0 Å². The van der Waals surface area contributed by atoms with Crippen molar-refractivity contribution in [2.75, 3.05) is 20.1 Å². The Balaban J connectivity index is 1.69. The molecular formula is C17H20N2O. The van der Waals surface area contributed by atoms with Crippen LogP contribution in [0.3, 0.4) is 0 Å². The minimum Gasteiger partial charge on any atom is -0.350 e. The molecule has 104 valence electrons. The van der Waals surface area contributed by atoms with Crippen molar-refractivity contribution in [1.82, 2.24) is 10.2 Å². The van der Waals surface area contributed by atoms with Crippen LogP contribution in [0.15, 0.2) is 42.5 Å². The van der Waals surface area contributed by atoms with Crippen molar-refractivity contribution >= 4 is 16.7 Å². The predicted octanol–water partition coefficient (Wildman–Crippen LogP) is 2.66. The number of amides is 1. The number of benzene rings is 2. The topological polar surface area (TPSA) is 32.3 Å². The summed E-state index contributed by atoms with van der Waals surface area (Å²) in [6.07, 6.45) is 2.40. The molecule has 3 heteroatoms. The van der Waals surface area contributed by atoms with Gasteiger partial charge in [0.25, 0.3) is 5.91 Å². The van der Waals surface area contributed by atoms with Crippen LogP contribution in [0, 0.1) is 0 Å². The van der Waals surface area contributed by atoms with Gasteiger partial charge in [0.15, 0.2) is 0 Å². The number of fused-ring (bicyclic) bond motifs is 1. The lowest BCUT2D eigenvalue weighted by atomic mass is 10.1. The molecule has 1 atom stereocenters. The van der Waals surface area contributed by atoms with Crippen LogP contribution >= 0.6 is 0 Å². The van der Waals surface area contributed by atoms with Crippen molar-refractivity contribution in [2.24, 2.45) is 0 Å². The molecule has 1 unspecified atom stereocenters. The van der Waals surface area contributed by atoms with Crippen molar-refractivity contribution in [1.29, 1.82) is 0 Å². The average Bonchev–Trinajstić information content (AvgIpc) is 2.89. The smallest absolute Gasteiger partial charge is 0.251 e. The van der Waals surface area contributed by atoms with E-state index in [2.05, 4.69) is 23.3 Å². The Labute approximate surface area is 119 Å². The largest absolute Gasteiger partial charge is 0.350 e. The van der Waals surface area contributed by atoms with Gasteiger partial charge in [0.05, 0.1) is 0 Å². The van der Waals surface area contributed by atoms with Crippen LogP contribution < -0.4 is 5.32 Å². The maximum atomic E-state index is 12.2. The second-order valence-corrected chi connectivity index (χ2v) is 5.55. The van der Waals surface area contributed by atoms with Crippen LogP contribution in [0.2, 0.25) is 0 Å². The summed E-state index contributed by atoms with van der Waals surface area (Å²) in [6.45, 7) is 1.87. The summed E-state index contributed by atoms with van der Waals surface area (Å²) in [5, 5.41) is 5.33. The summed E-state index contributed by atoms with van der Waals surface area (Å²) < 4.78 is 0. The highest BCUT2D eigenvalue weighted by molar-refractivity contribution is 5.98. The predicted molar refractivity (Wildman–Crippen MR) is 81.9 cm³/mol. The van der Waals surface area contributed by atoms with E-state index in [9.17, 15) is 4.79 Å². The van der Waals surface area contributed by atoms with Gasteiger partial charge >= 0.3 is 0 Å². The first kappa shape index (κ1) is 13.1. The van der Waals surface area contributed by atoms with E-state index in [1.165, 1.54) is 18.2 Å². The highest BCUT2D eigenvalue weighted by Crippen LogP contribution is 2.16. The van der Waals surface area contributed by atoms with Gasteiger partial charge in [0.1, 0.15) is 0 Å². The molecule has 3 nitrogen and oxygen atoms in total. The zero-order valence-electron chi connectivity index (χ0n) is 11.8. The van der Waals surface area contributed by atoms with E-state index in [-0.39, 0.29) is 5.91 Å². The molecule has 2 aromatic carbocycles. The standard InChI is InChI=1S/C17H20N2O/c1-19-10-4-7-16(19)12-18-17(20)15-9-8-13-5-2-3-6-14(13)11-15/h2-3,5-6,8-9,11,16H,4,7,10,12H2,1H3,(H,18,20). The van der Waals surface area contributed by atoms with Crippen LogP contribution in [-0.4, -0.2) is 37.0 Å². The molecule has 0 spiro atoms. The average molecular weight is 268 g/mol. The first-order valence-corrected chi connectivity index (χ1v) is 7.21. The molecule has 0 bridgehead atoms. The highest BCUT2D eigenvalue weighted by Gasteiger charge is 2.21. The third-order valence-corrected chi connectivity index (χ3v) is 4.18. The number of nitrogens with one attached hydrogen (secondary N) is 1. The molecule has 3 rings (SSSR count). The van der Waals surface area contributed by atoms with Crippen LogP contribution in [0.4, 0.5) is 0 Å². The molecule has 0 aliphatic carbocycles. The second-order valence-electron chi connectivity index (χ2n) is 5.55. The fraction of sp³-hybridized carbons (Fsp3) is 0.353. The van der Waals surface area contributed by atoms with Crippen molar-refractivity contribution in [3.8, 4) is 0 Å². The van der Waals surface area contributed by atoms with Crippen LogP contribution in [0.5, 0.6) is 0 Å². The minimum absolute atomic E-state index is 0.0241. The van der Waals surface area contributed by atoms with E-state index in [4.69, 9.17) is 0 Å². The molecule has 1 heterocycles. The van der Waals surface area contributed by atoms with E-state index in [1.54, 1.807) is 0 Å². The molecule has 1 aliphatic heterocycles. The maximum absolute atomic E-state index is 12.2. The molecule has 0 aromatic heterocycles. The number of carbonyl (C=O) groups is 1. The fourth-order valence-electron chi connectivity index (χ4n) is 2.88. The number of hydrogen-bond acceptors (Lipinski definition) is 2. The summed E-state index contributed by atoms with van der Waals surface area (Å²) in [6, 6.07) is 14.5. The Kier molecular flexibility index (Phi) is 3.70. The highest BCUT2D eigenvalue weighted by atomic mass is 16.1. The van der Waals surface area contributed by atoms with Crippen molar-refractivity contribution < 1.29 is 4.79 Å². The van der Waals surface area contributed by atoms with E-state index in [0.717, 1.165) is 24.0 Å². The van der Waals surface area contributed by atoms with Gasteiger partial charge in [-0.1, -0.05) is 30.3 Å². The molecule has 2 aromatic rings. The lowest BCUT2D eigenvalue weighted by Crippen LogP contribution is -2.38. The number of rotatable bonds is 3. The van der Waals surface area contributed by atoms with Crippen LogP contribution in [0.1, 0.15) is 23.2 Å². The first-order valence-electron chi connectivity index (χ1n) is 7.21.